The summed E-state index contributed by atoms with van der Waals surface area (Å²) in [5.41, 5.74) is 8.64. The van der Waals surface area contributed by atoms with Crippen LogP contribution in [0.5, 0.6) is 0 Å². The monoisotopic (exact) mass is 406 g/mol. The van der Waals surface area contributed by atoms with Crippen LogP contribution in [0.1, 0.15) is 31.9 Å². The smallest absolute Gasteiger partial charge is 0.0716 e. The van der Waals surface area contributed by atoms with Crippen LogP contribution in [0.4, 0.5) is 0 Å². The molecule has 0 radical (unpaired) electrons. The van der Waals surface area contributed by atoms with Gasteiger partial charge in [0, 0.05) is 10.6 Å². The molecule has 0 saturated carbocycles. The minimum Gasteiger partial charge on any atom is -0.0991 e. The highest BCUT2D eigenvalue weighted by atomic mass is 35.5. The molecule has 0 aliphatic heterocycles. The van der Waals surface area contributed by atoms with Crippen molar-refractivity contribution >= 4 is 28.8 Å². The Morgan fingerprint density at radius 1 is 0.964 bits per heavy atom. The maximum Gasteiger partial charge on any atom is 0.0716 e. The summed E-state index contributed by atoms with van der Waals surface area (Å²) in [5.74, 6) is 0. The van der Waals surface area contributed by atoms with E-state index in [0.29, 0.717) is 10.0 Å². The normalized spacial score (nSPS) is 24.2. The number of hydrogen-bond donors (Lipinski definition) is 0. The quantitative estimate of drug-likeness (QED) is 0.440. The van der Waals surface area contributed by atoms with Gasteiger partial charge in [-0.05, 0) is 71.9 Å². The molecule has 0 amide bonds. The lowest BCUT2D eigenvalue weighted by Crippen LogP contribution is -2.27. The summed E-state index contributed by atoms with van der Waals surface area (Å²) in [6.45, 7) is 18.3. The first kappa shape index (κ1) is 20.5. The van der Waals surface area contributed by atoms with Gasteiger partial charge in [0.15, 0.2) is 0 Å². The molecule has 1 aromatic rings. The van der Waals surface area contributed by atoms with Crippen LogP contribution in [0.2, 0.25) is 10.0 Å². The molecule has 0 fully saturated rings. The van der Waals surface area contributed by atoms with Crippen molar-refractivity contribution in [1.82, 2.24) is 0 Å². The molecule has 3 rings (SSSR count). The van der Waals surface area contributed by atoms with E-state index in [4.69, 9.17) is 23.2 Å². The molecular weight excluding hydrogens is 383 g/mol. The number of halogens is 2. The van der Waals surface area contributed by atoms with E-state index in [1.165, 1.54) is 22.3 Å². The van der Waals surface area contributed by atoms with Crippen LogP contribution < -0.4 is 0 Å². The molecule has 0 bridgehead atoms. The molecule has 0 nitrogen and oxygen atoms in total. The second-order valence-corrected chi connectivity index (χ2v) is 7.80. The Morgan fingerprint density at radius 2 is 1.64 bits per heavy atom. The summed E-state index contributed by atoms with van der Waals surface area (Å²) >= 11 is 13.2. The zero-order valence-corrected chi connectivity index (χ0v) is 18.1. The Morgan fingerprint density at radius 3 is 2.21 bits per heavy atom. The Balaban J connectivity index is 2.60. The van der Waals surface area contributed by atoms with Crippen molar-refractivity contribution in [2.45, 2.75) is 26.2 Å². The Kier molecular flexibility index (Phi) is 5.57. The molecule has 0 aromatic heterocycles. The maximum atomic E-state index is 6.73. The van der Waals surface area contributed by atoms with Gasteiger partial charge in [-0.3, -0.25) is 0 Å². The van der Waals surface area contributed by atoms with Crippen molar-refractivity contribution in [2.75, 3.05) is 0 Å². The van der Waals surface area contributed by atoms with Gasteiger partial charge >= 0.3 is 0 Å². The molecule has 1 aromatic carbocycles. The highest BCUT2D eigenvalue weighted by molar-refractivity contribution is 6.36. The van der Waals surface area contributed by atoms with Gasteiger partial charge in [0.1, 0.15) is 0 Å². The number of allylic oxidation sites excluding steroid dienone is 13. The van der Waals surface area contributed by atoms with E-state index in [2.05, 4.69) is 52.7 Å². The first-order chi connectivity index (χ1) is 13.4. The van der Waals surface area contributed by atoms with Crippen LogP contribution in [-0.4, -0.2) is 0 Å². The topological polar surface area (TPSA) is 0 Å². The first-order valence-electron chi connectivity index (χ1n) is 9.24. The fourth-order valence-electron chi connectivity index (χ4n) is 4.70. The van der Waals surface area contributed by atoms with E-state index < -0.39 is 5.41 Å². The van der Waals surface area contributed by atoms with Crippen molar-refractivity contribution in [3.63, 3.8) is 0 Å². The standard InChI is InChI=1S/C26H24Cl2/c1-7-11-13-22-17(6)16(5)20(9-3)26(22)21(10-4)19(12-8-2)25-23(26)14-18(27)15-24(25)28/h7-15H,1-3H2,4-6H3/b13-11-,19-12+,21-10+. The van der Waals surface area contributed by atoms with Gasteiger partial charge in [0.25, 0.3) is 0 Å². The van der Waals surface area contributed by atoms with E-state index >= 15 is 0 Å². The predicted octanol–water partition coefficient (Wildman–Crippen LogP) is 8.34. The van der Waals surface area contributed by atoms with Crippen LogP contribution in [0.15, 0.2) is 102 Å². The summed E-state index contributed by atoms with van der Waals surface area (Å²) in [6.07, 6.45) is 13.9. The number of benzene rings is 1. The van der Waals surface area contributed by atoms with E-state index in [1.54, 1.807) is 12.1 Å². The van der Waals surface area contributed by atoms with Gasteiger partial charge in [0.05, 0.1) is 10.4 Å². The second kappa shape index (κ2) is 7.62. The van der Waals surface area contributed by atoms with Crippen LogP contribution in [0, 0.1) is 0 Å². The predicted molar refractivity (Wildman–Crippen MR) is 125 cm³/mol. The molecule has 1 spiro atoms. The van der Waals surface area contributed by atoms with E-state index in [-0.39, 0.29) is 0 Å². The average molecular weight is 407 g/mol. The van der Waals surface area contributed by atoms with E-state index in [1.807, 2.05) is 30.4 Å². The Labute approximate surface area is 178 Å². The Bertz CT molecular complexity index is 1050. The zero-order chi connectivity index (χ0) is 20.6. The van der Waals surface area contributed by atoms with Crippen molar-refractivity contribution < 1.29 is 0 Å². The highest BCUT2D eigenvalue weighted by Gasteiger charge is 2.53. The van der Waals surface area contributed by atoms with Gasteiger partial charge < -0.3 is 0 Å². The van der Waals surface area contributed by atoms with Crippen LogP contribution in [-0.2, 0) is 5.41 Å². The van der Waals surface area contributed by atoms with Crippen molar-refractivity contribution in [3.05, 3.63) is 123 Å². The molecule has 1 unspecified atom stereocenters. The lowest BCUT2D eigenvalue weighted by molar-refractivity contribution is 0.777. The molecule has 2 aliphatic rings. The third kappa shape index (κ3) is 2.59. The largest absolute Gasteiger partial charge is 0.0991 e. The lowest BCUT2D eigenvalue weighted by atomic mass is 9.68. The zero-order valence-electron chi connectivity index (χ0n) is 16.6. The van der Waals surface area contributed by atoms with Gasteiger partial charge in [-0.25, -0.2) is 0 Å². The number of fused-ring (bicyclic) bond motifs is 2. The van der Waals surface area contributed by atoms with Crippen molar-refractivity contribution in [3.8, 4) is 0 Å². The van der Waals surface area contributed by atoms with E-state index in [9.17, 15) is 0 Å². The van der Waals surface area contributed by atoms with Crippen molar-refractivity contribution in [2.24, 2.45) is 0 Å². The van der Waals surface area contributed by atoms with Crippen LogP contribution in [0.3, 0.4) is 0 Å². The van der Waals surface area contributed by atoms with E-state index in [0.717, 1.165) is 22.3 Å². The third-order valence-corrected chi connectivity index (χ3v) is 6.29. The number of rotatable bonds is 4. The average Bonchev–Trinajstić information content (AvgIpc) is 3.04. The van der Waals surface area contributed by atoms with Gasteiger partial charge in [0.2, 0.25) is 0 Å². The van der Waals surface area contributed by atoms with Crippen molar-refractivity contribution in [1.29, 1.82) is 0 Å². The van der Waals surface area contributed by atoms with Gasteiger partial charge in [-0.1, -0.05) is 85.5 Å². The van der Waals surface area contributed by atoms with Gasteiger partial charge in [-0.15, -0.1) is 0 Å². The SMILES string of the molecule is C=C/C=C\C1=C(C)C(C)=C(C=C)C12C(=C/C)/C(=C\C=C)c1c(Cl)cc(Cl)cc12. The second-order valence-electron chi connectivity index (χ2n) is 6.95. The molecule has 0 N–H and O–H groups in total. The Hall–Kier alpha value is -2.28. The molecule has 1 atom stereocenters. The summed E-state index contributed by atoms with van der Waals surface area (Å²) in [4.78, 5) is 0. The molecule has 2 aliphatic carbocycles. The molecule has 28 heavy (non-hydrogen) atoms. The third-order valence-electron chi connectivity index (χ3n) is 5.78. The summed E-state index contributed by atoms with van der Waals surface area (Å²) < 4.78 is 0. The minimum absolute atomic E-state index is 0.497. The summed E-state index contributed by atoms with van der Waals surface area (Å²) in [6, 6.07) is 3.84. The van der Waals surface area contributed by atoms with Gasteiger partial charge in [-0.2, -0.15) is 0 Å². The van der Waals surface area contributed by atoms with Crippen LogP contribution >= 0.6 is 23.2 Å². The first-order valence-corrected chi connectivity index (χ1v) is 10.00. The molecule has 0 heterocycles. The molecule has 0 saturated heterocycles. The summed E-state index contributed by atoms with van der Waals surface area (Å²) in [7, 11) is 0. The maximum absolute atomic E-state index is 6.73. The van der Waals surface area contributed by atoms with Crippen LogP contribution in [0.25, 0.3) is 5.57 Å². The molecule has 2 heteroatoms. The fourth-order valence-corrected chi connectivity index (χ4v) is 5.30. The summed E-state index contributed by atoms with van der Waals surface area (Å²) in [5, 5.41) is 1.26. The number of hydrogen-bond acceptors (Lipinski definition) is 0. The highest BCUT2D eigenvalue weighted by Crippen LogP contribution is 2.64. The lowest BCUT2D eigenvalue weighted by Gasteiger charge is -2.33. The molecule has 142 valence electrons. The fraction of sp³-hybridized carbons (Fsp3) is 0.154. The molecular formula is C26H24Cl2. The minimum atomic E-state index is -0.497.